The van der Waals surface area contributed by atoms with E-state index in [-0.39, 0.29) is 24.9 Å². The van der Waals surface area contributed by atoms with Crippen molar-refractivity contribution in [2.75, 3.05) is 49.3 Å². The van der Waals surface area contributed by atoms with Crippen LogP contribution in [0.3, 0.4) is 0 Å². The summed E-state index contributed by atoms with van der Waals surface area (Å²) in [5.41, 5.74) is 7.05. The highest BCUT2D eigenvalue weighted by molar-refractivity contribution is 7.88. The first kappa shape index (κ1) is 35.7. The van der Waals surface area contributed by atoms with E-state index in [0.29, 0.717) is 42.7 Å². The van der Waals surface area contributed by atoms with E-state index in [1.807, 2.05) is 37.4 Å². The fourth-order valence-electron chi connectivity index (χ4n) is 6.97. The fourth-order valence-corrected chi connectivity index (χ4v) is 8.95. The van der Waals surface area contributed by atoms with Crippen LogP contribution in [0.2, 0.25) is 0 Å². The molecule has 2 aliphatic rings. The number of halogens is 1. The van der Waals surface area contributed by atoms with Gasteiger partial charge in [-0.05, 0) is 78.4 Å². The zero-order valence-corrected chi connectivity index (χ0v) is 30.2. The number of carboxylic acid groups (broad SMARTS) is 1. The van der Waals surface area contributed by atoms with Gasteiger partial charge in [0.2, 0.25) is 15.9 Å². The number of benzene rings is 2. The first-order chi connectivity index (χ1) is 22.4. The molecule has 2 fully saturated rings. The Kier molecular flexibility index (Phi) is 10.8. The van der Waals surface area contributed by atoms with E-state index in [2.05, 4.69) is 21.6 Å². The number of aryl methyl sites for hydroxylation is 1. The number of nitrogens with zero attached hydrogens (tertiary/aromatic N) is 4. The highest BCUT2D eigenvalue weighted by atomic mass is 35.5. The van der Waals surface area contributed by atoms with Crippen molar-refractivity contribution < 1.29 is 27.9 Å². The zero-order chi connectivity index (χ0) is 33.5. The lowest BCUT2D eigenvalue weighted by Crippen LogP contribution is -2.48. The average Bonchev–Trinajstić information content (AvgIpc) is 3.62. The van der Waals surface area contributed by atoms with Gasteiger partial charge in [-0.25, -0.2) is 13.2 Å². The molecule has 1 saturated heterocycles. The lowest BCUT2D eigenvalue weighted by atomic mass is 9.83. The number of hydrogen-bond donors (Lipinski definition) is 1. The Hall–Kier alpha value is -3.58. The van der Waals surface area contributed by atoms with Crippen LogP contribution in [0.5, 0.6) is 5.75 Å². The van der Waals surface area contributed by atoms with Crippen molar-refractivity contribution >= 4 is 67.2 Å². The van der Waals surface area contributed by atoms with Crippen LogP contribution in [0, 0.1) is 0 Å². The maximum atomic E-state index is 12.1. The SMILES string of the molecule is CC(=O)N(C)c1ccc(N2CCN(S(C)(=O)=O)CC2)c(COc2ccc(-c3c(C4CCCCC4)c4sc(C(=O)O)cc4n3C)cc2)c1.Cl. The summed E-state index contributed by atoms with van der Waals surface area (Å²) in [5, 5.41) is 9.69. The number of aromatic nitrogens is 1. The Balaban J connectivity index is 0.00000451. The first-order valence-electron chi connectivity index (χ1n) is 16.1. The Morgan fingerprint density at radius 2 is 1.67 bits per heavy atom. The van der Waals surface area contributed by atoms with E-state index in [1.165, 1.54) is 53.6 Å². The number of carboxylic acids is 1. The lowest BCUT2D eigenvalue weighted by molar-refractivity contribution is -0.116. The molecule has 6 rings (SSSR count). The Morgan fingerprint density at radius 3 is 2.27 bits per heavy atom. The quantitative estimate of drug-likeness (QED) is 0.205. The number of piperazine rings is 1. The van der Waals surface area contributed by atoms with Gasteiger partial charge in [0.05, 0.1) is 22.2 Å². The van der Waals surface area contributed by atoms with E-state index in [9.17, 15) is 23.1 Å². The Labute approximate surface area is 292 Å². The van der Waals surface area contributed by atoms with Crippen LogP contribution in [0.15, 0.2) is 48.5 Å². The highest BCUT2D eigenvalue weighted by Crippen LogP contribution is 2.46. The third-order valence-corrected chi connectivity index (χ3v) is 12.1. The van der Waals surface area contributed by atoms with E-state index in [4.69, 9.17) is 4.74 Å². The number of thiophene rings is 1. The summed E-state index contributed by atoms with van der Waals surface area (Å²) in [5.74, 6) is 0.142. The van der Waals surface area contributed by atoms with Gasteiger partial charge in [0.1, 0.15) is 17.2 Å². The minimum absolute atomic E-state index is 0. The number of rotatable bonds is 9. The Morgan fingerprint density at radius 1 is 1.00 bits per heavy atom. The van der Waals surface area contributed by atoms with E-state index in [1.54, 1.807) is 18.0 Å². The van der Waals surface area contributed by atoms with Gasteiger partial charge in [0.15, 0.2) is 0 Å². The lowest BCUT2D eigenvalue weighted by Gasteiger charge is -2.36. The molecule has 1 aliphatic heterocycles. The summed E-state index contributed by atoms with van der Waals surface area (Å²) >= 11 is 1.38. The summed E-state index contributed by atoms with van der Waals surface area (Å²) in [6.07, 6.45) is 7.07. The van der Waals surface area contributed by atoms with Crippen LogP contribution >= 0.6 is 23.7 Å². The highest BCUT2D eigenvalue weighted by Gasteiger charge is 2.28. The van der Waals surface area contributed by atoms with Crippen LogP contribution in [-0.4, -0.2) is 73.8 Å². The number of anilines is 2. The minimum Gasteiger partial charge on any atom is -0.489 e. The molecule has 0 radical (unpaired) electrons. The molecule has 258 valence electrons. The van der Waals surface area contributed by atoms with Crippen molar-refractivity contribution in [2.24, 2.45) is 7.05 Å². The van der Waals surface area contributed by atoms with Crippen LogP contribution in [-0.2, 0) is 28.5 Å². The molecule has 1 aliphatic carbocycles. The molecule has 1 amide bonds. The van der Waals surface area contributed by atoms with Gasteiger partial charge in [0.25, 0.3) is 0 Å². The number of carbonyl (C=O) groups excluding carboxylic acids is 1. The van der Waals surface area contributed by atoms with Crippen molar-refractivity contribution in [3.05, 3.63) is 64.5 Å². The van der Waals surface area contributed by atoms with Gasteiger partial charge < -0.3 is 24.2 Å². The molecule has 4 aromatic rings. The van der Waals surface area contributed by atoms with Crippen LogP contribution in [0.4, 0.5) is 11.4 Å². The second kappa shape index (κ2) is 14.5. The number of carbonyl (C=O) groups is 2. The molecule has 0 spiro atoms. The molecule has 48 heavy (non-hydrogen) atoms. The van der Waals surface area contributed by atoms with Crippen LogP contribution in [0.25, 0.3) is 21.5 Å². The second-order valence-corrected chi connectivity index (χ2v) is 15.7. The monoisotopic (exact) mass is 714 g/mol. The third kappa shape index (κ3) is 7.22. The van der Waals surface area contributed by atoms with E-state index >= 15 is 0 Å². The van der Waals surface area contributed by atoms with Crippen molar-refractivity contribution in [3.8, 4) is 17.0 Å². The first-order valence-corrected chi connectivity index (χ1v) is 18.7. The molecule has 0 unspecified atom stereocenters. The molecule has 0 atom stereocenters. The maximum Gasteiger partial charge on any atom is 0.345 e. The second-order valence-electron chi connectivity index (χ2n) is 12.6. The van der Waals surface area contributed by atoms with E-state index in [0.717, 1.165) is 51.3 Å². The van der Waals surface area contributed by atoms with Crippen LogP contribution < -0.4 is 14.5 Å². The number of aromatic carboxylic acids is 1. The van der Waals surface area contributed by atoms with Gasteiger partial charge in [-0.3, -0.25) is 4.79 Å². The largest absolute Gasteiger partial charge is 0.489 e. The standard InChI is InChI=1S/C35H42N4O6S2.ClH/c1-23(40)36(2)27-12-15-29(38-16-18-39(19-17-38)47(4,43)44)26(20-27)22-45-28-13-10-25(11-14-28)33-32(24-8-6-5-7-9-24)34-30(37(33)3)21-31(46-34)35(41)42;/h10-15,20-21,24H,5-9,16-19,22H2,1-4H3,(H,41,42);1H. The van der Waals surface area contributed by atoms with Gasteiger partial charge in [0, 0.05) is 64.1 Å². The molecular weight excluding hydrogens is 672 g/mol. The van der Waals surface area contributed by atoms with Crippen LogP contribution in [0.1, 0.15) is 65.7 Å². The molecule has 13 heteroatoms. The summed E-state index contributed by atoms with van der Waals surface area (Å²) < 4.78 is 35.2. The molecule has 1 N–H and O–H groups in total. The molecule has 0 bridgehead atoms. The summed E-state index contributed by atoms with van der Waals surface area (Å²) in [7, 11) is 0.515. The van der Waals surface area contributed by atoms with Crippen molar-refractivity contribution in [3.63, 3.8) is 0 Å². The molecule has 10 nitrogen and oxygen atoms in total. The summed E-state index contributed by atoms with van der Waals surface area (Å²) in [4.78, 5) is 28.1. The molecular formula is C35H43ClN4O6S2. The fraction of sp³-hybridized carbons (Fsp3) is 0.429. The number of amides is 1. The topological polar surface area (TPSA) is 112 Å². The molecule has 1 saturated carbocycles. The van der Waals surface area contributed by atoms with Crippen molar-refractivity contribution in [2.45, 2.75) is 51.6 Å². The van der Waals surface area contributed by atoms with Gasteiger partial charge >= 0.3 is 5.97 Å². The van der Waals surface area contributed by atoms with Crippen molar-refractivity contribution in [1.29, 1.82) is 0 Å². The third-order valence-electron chi connectivity index (χ3n) is 9.63. The van der Waals surface area contributed by atoms with Gasteiger partial charge in [-0.1, -0.05) is 19.3 Å². The number of sulfonamides is 1. The number of fused-ring (bicyclic) bond motifs is 1. The Bertz CT molecular complexity index is 1910. The average molecular weight is 715 g/mol. The smallest absolute Gasteiger partial charge is 0.345 e. The number of hydrogen-bond acceptors (Lipinski definition) is 7. The maximum absolute atomic E-state index is 12.1. The predicted molar refractivity (Wildman–Crippen MR) is 195 cm³/mol. The van der Waals surface area contributed by atoms with Crippen molar-refractivity contribution in [1.82, 2.24) is 8.87 Å². The van der Waals surface area contributed by atoms with Gasteiger partial charge in [-0.15, -0.1) is 23.7 Å². The number of ether oxygens (including phenoxy) is 1. The van der Waals surface area contributed by atoms with Gasteiger partial charge in [-0.2, -0.15) is 4.31 Å². The zero-order valence-electron chi connectivity index (χ0n) is 27.8. The molecule has 2 aromatic heterocycles. The molecule has 3 heterocycles. The summed E-state index contributed by atoms with van der Waals surface area (Å²) in [6.45, 7) is 3.73. The normalized spacial score (nSPS) is 16.1. The molecule has 2 aromatic carbocycles. The summed E-state index contributed by atoms with van der Waals surface area (Å²) in [6, 6.07) is 15.7. The minimum atomic E-state index is -3.25. The van der Waals surface area contributed by atoms with E-state index < -0.39 is 16.0 Å². The predicted octanol–water partition coefficient (Wildman–Crippen LogP) is 6.72.